The number of carbonyl (C=O) groups excluding carboxylic acids is 2. The van der Waals surface area contributed by atoms with E-state index < -0.39 is 17.5 Å². The fraction of sp³-hybridized carbons (Fsp3) is 0.600. The lowest BCUT2D eigenvalue weighted by molar-refractivity contribution is -0.171. The summed E-state index contributed by atoms with van der Waals surface area (Å²) in [6.45, 7) is 0.254. The number of rotatable bonds is 1. The molecule has 1 atom stereocenters. The van der Waals surface area contributed by atoms with Crippen LogP contribution in [-0.2, 0) is 14.4 Å². The van der Waals surface area contributed by atoms with Crippen molar-refractivity contribution in [2.45, 2.75) is 12.1 Å². The molecule has 0 amide bonds. The van der Waals surface area contributed by atoms with Gasteiger partial charge in [-0.05, 0) is 0 Å². The molecule has 6 nitrogen and oxygen atoms in total. The molecule has 1 saturated heterocycles. The molecule has 62 valence electrons. The van der Waals surface area contributed by atoms with Gasteiger partial charge >= 0.3 is 5.97 Å². The highest BCUT2D eigenvalue weighted by Crippen LogP contribution is 2.12. The fourth-order valence-corrected chi connectivity index (χ4v) is 0.908. The van der Waals surface area contributed by atoms with Gasteiger partial charge in [0.15, 0.2) is 5.78 Å². The van der Waals surface area contributed by atoms with Crippen LogP contribution in [0.3, 0.4) is 0 Å². The SMILES string of the molecule is NOC(=O)C1(O)NCCC1=O. The van der Waals surface area contributed by atoms with Crippen LogP contribution in [0, 0.1) is 0 Å². The highest BCUT2D eigenvalue weighted by Gasteiger charge is 2.48. The molecule has 1 fully saturated rings. The Labute approximate surface area is 62.3 Å². The van der Waals surface area contributed by atoms with Crippen molar-refractivity contribution in [1.82, 2.24) is 5.32 Å². The van der Waals surface area contributed by atoms with Crippen LogP contribution < -0.4 is 11.2 Å². The van der Waals surface area contributed by atoms with Gasteiger partial charge < -0.3 is 9.94 Å². The minimum Gasteiger partial charge on any atom is -0.370 e. The first-order chi connectivity index (χ1) is 5.11. The van der Waals surface area contributed by atoms with Crippen molar-refractivity contribution in [2.24, 2.45) is 5.90 Å². The van der Waals surface area contributed by atoms with Gasteiger partial charge in [-0.3, -0.25) is 10.1 Å². The number of aliphatic hydroxyl groups is 1. The molecule has 11 heavy (non-hydrogen) atoms. The predicted octanol–water partition coefficient (Wildman–Crippen LogP) is -2.35. The largest absolute Gasteiger partial charge is 0.380 e. The van der Waals surface area contributed by atoms with Crippen molar-refractivity contribution >= 4 is 11.8 Å². The van der Waals surface area contributed by atoms with Gasteiger partial charge in [-0.2, -0.15) is 5.90 Å². The molecule has 1 aliphatic rings. The summed E-state index contributed by atoms with van der Waals surface area (Å²) in [5.41, 5.74) is -2.21. The molecule has 4 N–H and O–H groups in total. The van der Waals surface area contributed by atoms with E-state index in [2.05, 4.69) is 16.1 Å². The molecule has 1 heterocycles. The third-order valence-corrected chi connectivity index (χ3v) is 1.54. The number of nitrogens with two attached hydrogens (primary N) is 1. The Morgan fingerprint density at radius 2 is 2.45 bits per heavy atom. The van der Waals surface area contributed by atoms with Crippen molar-refractivity contribution in [2.75, 3.05) is 6.54 Å². The van der Waals surface area contributed by atoms with Crippen molar-refractivity contribution in [1.29, 1.82) is 0 Å². The molecule has 0 spiro atoms. The molecule has 0 radical (unpaired) electrons. The van der Waals surface area contributed by atoms with Crippen LogP contribution in [0.15, 0.2) is 0 Å². The van der Waals surface area contributed by atoms with Crippen LogP contribution in [0.25, 0.3) is 0 Å². The van der Waals surface area contributed by atoms with Gasteiger partial charge in [0.25, 0.3) is 5.72 Å². The number of hydrogen-bond acceptors (Lipinski definition) is 6. The monoisotopic (exact) mass is 160 g/mol. The van der Waals surface area contributed by atoms with E-state index >= 15 is 0 Å². The van der Waals surface area contributed by atoms with Gasteiger partial charge in [-0.15, -0.1) is 0 Å². The second-order valence-corrected chi connectivity index (χ2v) is 2.22. The summed E-state index contributed by atoms with van der Waals surface area (Å²) in [6, 6.07) is 0. The Bertz CT molecular complexity index is 205. The lowest BCUT2D eigenvalue weighted by Crippen LogP contribution is -2.54. The van der Waals surface area contributed by atoms with Gasteiger partial charge in [0, 0.05) is 13.0 Å². The van der Waals surface area contributed by atoms with Gasteiger partial charge in [0.05, 0.1) is 0 Å². The van der Waals surface area contributed by atoms with Crippen molar-refractivity contribution in [3.8, 4) is 0 Å². The zero-order valence-electron chi connectivity index (χ0n) is 5.66. The fourth-order valence-electron chi connectivity index (χ4n) is 0.908. The van der Waals surface area contributed by atoms with E-state index in [0.29, 0.717) is 0 Å². The molecule has 0 saturated carbocycles. The van der Waals surface area contributed by atoms with E-state index in [9.17, 15) is 14.7 Å². The maximum absolute atomic E-state index is 10.8. The highest BCUT2D eigenvalue weighted by molar-refractivity contribution is 6.07. The molecule has 1 aliphatic heterocycles. The summed E-state index contributed by atoms with van der Waals surface area (Å²) in [7, 11) is 0. The molecular weight excluding hydrogens is 152 g/mol. The molecular formula is C5H8N2O4. The second-order valence-electron chi connectivity index (χ2n) is 2.22. The average Bonchev–Trinajstić information content (AvgIpc) is 2.32. The van der Waals surface area contributed by atoms with E-state index in [1.807, 2.05) is 0 Å². The standard InChI is InChI=1S/C5H8N2O4/c6-11-4(9)5(10)3(8)1-2-7-5/h7,10H,1-2,6H2. The normalized spacial score (nSPS) is 30.5. The summed E-state index contributed by atoms with van der Waals surface area (Å²) in [5, 5.41) is 11.5. The third kappa shape index (κ3) is 1.11. The quantitative estimate of drug-likeness (QED) is 0.293. The van der Waals surface area contributed by atoms with Crippen LogP contribution >= 0.6 is 0 Å². The van der Waals surface area contributed by atoms with Gasteiger partial charge in [-0.25, -0.2) is 4.79 Å². The van der Waals surface area contributed by atoms with Gasteiger partial charge in [-0.1, -0.05) is 0 Å². The topological polar surface area (TPSA) is 102 Å². The number of carbonyl (C=O) groups is 2. The molecule has 0 aromatic heterocycles. The molecule has 1 unspecified atom stereocenters. The molecule has 0 bridgehead atoms. The molecule has 0 aliphatic carbocycles. The zero-order valence-corrected chi connectivity index (χ0v) is 5.66. The third-order valence-electron chi connectivity index (χ3n) is 1.54. The molecule has 1 rings (SSSR count). The number of hydrogen-bond donors (Lipinski definition) is 3. The first kappa shape index (κ1) is 8.12. The zero-order chi connectivity index (χ0) is 8.48. The van der Waals surface area contributed by atoms with Crippen molar-refractivity contribution in [3.05, 3.63) is 0 Å². The maximum Gasteiger partial charge on any atom is 0.380 e. The number of nitrogens with one attached hydrogen (secondary N) is 1. The summed E-state index contributed by atoms with van der Waals surface area (Å²) in [4.78, 5) is 25.2. The molecule has 0 aromatic rings. The summed E-state index contributed by atoms with van der Waals surface area (Å²) >= 11 is 0. The van der Waals surface area contributed by atoms with Gasteiger partial charge in [0.1, 0.15) is 0 Å². The van der Waals surface area contributed by atoms with Crippen molar-refractivity contribution in [3.63, 3.8) is 0 Å². The van der Waals surface area contributed by atoms with Crippen LogP contribution in [0.1, 0.15) is 6.42 Å². The van der Waals surface area contributed by atoms with Gasteiger partial charge in [0.2, 0.25) is 0 Å². The Morgan fingerprint density at radius 3 is 2.82 bits per heavy atom. The number of Topliss-reactive ketones (excluding diaryl/α,β-unsaturated/α-hetero) is 1. The Kier molecular flexibility index (Phi) is 1.90. The highest BCUT2D eigenvalue weighted by atomic mass is 16.7. The van der Waals surface area contributed by atoms with E-state index in [-0.39, 0.29) is 13.0 Å². The van der Waals surface area contributed by atoms with Crippen LogP contribution in [0.4, 0.5) is 0 Å². The predicted molar refractivity (Wildman–Crippen MR) is 32.9 cm³/mol. The summed E-state index contributed by atoms with van der Waals surface area (Å²) < 4.78 is 0. The molecule has 0 aromatic carbocycles. The molecule has 6 heteroatoms. The van der Waals surface area contributed by atoms with E-state index in [0.717, 1.165) is 0 Å². The second kappa shape index (κ2) is 2.57. The smallest absolute Gasteiger partial charge is 0.370 e. The van der Waals surface area contributed by atoms with E-state index in [1.165, 1.54) is 0 Å². The van der Waals surface area contributed by atoms with Crippen LogP contribution in [0.5, 0.6) is 0 Å². The lowest BCUT2D eigenvalue weighted by atomic mass is 10.1. The average molecular weight is 160 g/mol. The number of ketones is 1. The van der Waals surface area contributed by atoms with E-state index in [4.69, 9.17) is 0 Å². The first-order valence-corrected chi connectivity index (χ1v) is 3.03. The maximum atomic E-state index is 10.8. The first-order valence-electron chi connectivity index (χ1n) is 3.03. The Morgan fingerprint density at radius 1 is 1.82 bits per heavy atom. The summed E-state index contributed by atoms with van der Waals surface area (Å²) in [6.07, 6.45) is 0.103. The lowest BCUT2D eigenvalue weighted by Gasteiger charge is -2.15. The minimum absolute atomic E-state index is 0.103. The van der Waals surface area contributed by atoms with Crippen LogP contribution in [0.2, 0.25) is 0 Å². The van der Waals surface area contributed by atoms with Crippen LogP contribution in [-0.4, -0.2) is 29.1 Å². The van der Waals surface area contributed by atoms with E-state index in [1.54, 1.807) is 0 Å². The summed E-state index contributed by atoms with van der Waals surface area (Å²) in [5.74, 6) is 2.71. The minimum atomic E-state index is -2.21. The Hall–Kier alpha value is -0.980. The van der Waals surface area contributed by atoms with Crippen molar-refractivity contribution < 1.29 is 19.5 Å². The Balaban J connectivity index is 2.80.